The summed E-state index contributed by atoms with van der Waals surface area (Å²) >= 11 is 3.63. The van der Waals surface area contributed by atoms with Gasteiger partial charge in [0.05, 0.1) is 11.1 Å². The largest absolute Gasteiger partial charge is 0.468 e. The van der Waals surface area contributed by atoms with Crippen LogP contribution in [0.25, 0.3) is 0 Å². The van der Waals surface area contributed by atoms with Crippen LogP contribution in [0.3, 0.4) is 0 Å². The standard InChI is InChI=1S/C14H13BrN2O2/c1-17-8-10-7-9(4-5-11(10)16-14(17)18)13(15)12-3-2-6-19-12/h2-7,13H,8H2,1H3,(H,16,18). The number of benzene rings is 1. The Labute approximate surface area is 119 Å². The molecule has 0 bridgehead atoms. The zero-order chi connectivity index (χ0) is 13.4. The highest BCUT2D eigenvalue weighted by atomic mass is 79.9. The van der Waals surface area contributed by atoms with Gasteiger partial charge in [-0.25, -0.2) is 4.79 Å². The van der Waals surface area contributed by atoms with Crippen molar-refractivity contribution in [2.75, 3.05) is 12.4 Å². The number of rotatable bonds is 2. The number of amides is 2. The van der Waals surface area contributed by atoms with Crippen LogP contribution in [-0.2, 0) is 6.54 Å². The van der Waals surface area contributed by atoms with E-state index in [2.05, 4.69) is 27.3 Å². The maximum Gasteiger partial charge on any atom is 0.321 e. The van der Waals surface area contributed by atoms with E-state index < -0.39 is 0 Å². The molecule has 0 saturated carbocycles. The molecule has 0 radical (unpaired) electrons. The molecule has 3 rings (SSSR count). The summed E-state index contributed by atoms with van der Waals surface area (Å²) in [6.07, 6.45) is 1.66. The highest BCUT2D eigenvalue weighted by Crippen LogP contribution is 2.34. The van der Waals surface area contributed by atoms with Gasteiger partial charge in [0.1, 0.15) is 5.76 Å². The van der Waals surface area contributed by atoms with Crippen LogP contribution in [0.1, 0.15) is 21.7 Å². The van der Waals surface area contributed by atoms with E-state index in [0.717, 1.165) is 22.6 Å². The first-order valence-electron chi connectivity index (χ1n) is 5.97. The van der Waals surface area contributed by atoms with Gasteiger partial charge in [-0.3, -0.25) is 0 Å². The van der Waals surface area contributed by atoms with E-state index in [1.807, 2.05) is 24.3 Å². The molecule has 1 aromatic carbocycles. The smallest absolute Gasteiger partial charge is 0.321 e. The second-order valence-corrected chi connectivity index (χ2v) is 5.50. The van der Waals surface area contributed by atoms with Crippen LogP contribution in [0.2, 0.25) is 0 Å². The fraction of sp³-hybridized carbons (Fsp3) is 0.214. The Balaban J connectivity index is 1.93. The number of carbonyl (C=O) groups excluding carboxylic acids is 1. The molecule has 98 valence electrons. The van der Waals surface area contributed by atoms with Gasteiger partial charge in [0.2, 0.25) is 0 Å². The van der Waals surface area contributed by atoms with E-state index in [1.165, 1.54) is 0 Å². The Hall–Kier alpha value is -1.75. The molecule has 19 heavy (non-hydrogen) atoms. The second-order valence-electron chi connectivity index (χ2n) is 4.58. The summed E-state index contributed by atoms with van der Waals surface area (Å²) in [7, 11) is 1.78. The minimum Gasteiger partial charge on any atom is -0.468 e. The van der Waals surface area contributed by atoms with Gasteiger partial charge in [0, 0.05) is 19.3 Å². The molecule has 5 heteroatoms. The van der Waals surface area contributed by atoms with Crippen molar-refractivity contribution in [2.24, 2.45) is 0 Å². The van der Waals surface area contributed by atoms with E-state index in [4.69, 9.17) is 4.42 Å². The summed E-state index contributed by atoms with van der Waals surface area (Å²) in [6.45, 7) is 0.618. The lowest BCUT2D eigenvalue weighted by molar-refractivity contribution is 0.218. The van der Waals surface area contributed by atoms with Crippen molar-refractivity contribution < 1.29 is 9.21 Å². The van der Waals surface area contributed by atoms with Gasteiger partial charge in [-0.1, -0.05) is 28.1 Å². The normalized spacial score (nSPS) is 15.9. The minimum absolute atomic E-state index is 0.0238. The Kier molecular flexibility index (Phi) is 3.06. The number of fused-ring (bicyclic) bond motifs is 1. The number of hydrogen-bond acceptors (Lipinski definition) is 2. The summed E-state index contributed by atoms with van der Waals surface area (Å²) in [6, 6.07) is 9.76. The molecule has 1 unspecified atom stereocenters. The number of hydrogen-bond donors (Lipinski definition) is 1. The molecule has 1 N–H and O–H groups in total. The first-order valence-corrected chi connectivity index (χ1v) is 6.89. The summed E-state index contributed by atoms with van der Waals surface area (Å²) in [5.41, 5.74) is 3.10. The molecule has 2 aromatic rings. The Bertz CT molecular complexity index is 610. The minimum atomic E-state index is -0.0679. The average Bonchev–Trinajstić information content (AvgIpc) is 2.93. The maximum atomic E-state index is 11.6. The van der Waals surface area contributed by atoms with Crippen molar-refractivity contribution in [3.8, 4) is 0 Å². The molecule has 1 aliphatic heterocycles. The Morgan fingerprint density at radius 1 is 1.42 bits per heavy atom. The molecule has 2 amide bonds. The highest BCUT2D eigenvalue weighted by molar-refractivity contribution is 9.09. The number of halogens is 1. The van der Waals surface area contributed by atoms with Crippen LogP contribution in [0.15, 0.2) is 41.0 Å². The van der Waals surface area contributed by atoms with E-state index in [9.17, 15) is 4.79 Å². The number of furan rings is 1. The molecule has 0 fully saturated rings. The monoisotopic (exact) mass is 320 g/mol. The van der Waals surface area contributed by atoms with Crippen molar-refractivity contribution in [1.82, 2.24) is 4.90 Å². The van der Waals surface area contributed by atoms with Crippen LogP contribution in [0, 0.1) is 0 Å². The van der Waals surface area contributed by atoms with Gasteiger partial charge in [0.25, 0.3) is 0 Å². The topological polar surface area (TPSA) is 45.5 Å². The molecule has 1 aromatic heterocycles. The van der Waals surface area contributed by atoms with Crippen LogP contribution in [0.4, 0.5) is 10.5 Å². The molecule has 4 nitrogen and oxygen atoms in total. The van der Waals surface area contributed by atoms with Gasteiger partial charge in [-0.2, -0.15) is 0 Å². The zero-order valence-electron chi connectivity index (χ0n) is 10.4. The SMILES string of the molecule is CN1Cc2cc(C(Br)c3ccco3)ccc2NC1=O. The number of carbonyl (C=O) groups is 1. The van der Waals surface area contributed by atoms with Crippen molar-refractivity contribution in [3.05, 3.63) is 53.5 Å². The number of nitrogens with zero attached hydrogens (tertiary/aromatic N) is 1. The lowest BCUT2D eigenvalue weighted by atomic mass is 10.0. The highest BCUT2D eigenvalue weighted by Gasteiger charge is 2.21. The van der Waals surface area contributed by atoms with Gasteiger partial charge >= 0.3 is 6.03 Å². The van der Waals surface area contributed by atoms with Crippen molar-refractivity contribution in [1.29, 1.82) is 0 Å². The summed E-state index contributed by atoms with van der Waals surface area (Å²) in [5.74, 6) is 0.869. The molecule has 1 atom stereocenters. The average molecular weight is 321 g/mol. The quantitative estimate of drug-likeness (QED) is 0.857. The lowest BCUT2D eigenvalue weighted by Gasteiger charge is -2.26. The number of urea groups is 1. The van der Waals surface area contributed by atoms with Crippen LogP contribution >= 0.6 is 15.9 Å². The van der Waals surface area contributed by atoms with E-state index >= 15 is 0 Å². The molecule has 1 aliphatic rings. The molecular formula is C14H13BrN2O2. The van der Waals surface area contributed by atoms with E-state index in [0.29, 0.717) is 6.54 Å². The molecular weight excluding hydrogens is 308 g/mol. The fourth-order valence-electron chi connectivity index (χ4n) is 2.16. The third-order valence-electron chi connectivity index (χ3n) is 3.21. The predicted octanol–water partition coefficient (Wildman–Crippen LogP) is 3.74. The maximum absolute atomic E-state index is 11.6. The first kappa shape index (κ1) is 12.3. The van der Waals surface area contributed by atoms with Crippen molar-refractivity contribution in [3.63, 3.8) is 0 Å². The third kappa shape index (κ3) is 2.26. The summed E-state index contributed by atoms with van der Waals surface area (Å²) < 4.78 is 5.40. The van der Waals surface area contributed by atoms with Crippen molar-refractivity contribution >= 4 is 27.6 Å². The molecule has 0 aliphatic carbocycles. The number of nitrogens with one attached hydrogen (secondary N) is 1. The molecule has 0 saturated heterocycles. The van der Waals surface area contributed by atoms with Crippen LogP contribution in [0.5, 0.6) is 0 Å². The summed E-state index contributed by atoms with van der Waals surface area (Å²) in [5, 5.41) is 2.86. The van der Waals surface area contributed by atoms with Gasteiger partial charge in [-0.15, -0.1) is 0 Å². The second kappa shape index (κ2) is 4.74. The van der Waals surface area contributed by atoms with Gasteiger partial charge < -0.3 is 14.6 Å². The zero-order valence-corrected chi connectivity index (χ0v) is 12.0. The van der Waals surface area contributed by atoms with Crippen LogP contribution in [-0.4, -0.2) is 18.0 Å². The van der Waals surface area contributed by atoms with E-state index in [-0.39, 0.29) is 10.9 Å². The number of anilines is 1. The predicted molar refractivity (Wildman–Crippen MR) is 76.4 cm³/mol. The molecule has 0 spiro atoms. The number of alkyl halides is 1. The van der Waals surface area contributed by atoms with E-state index in [1.54, 1.807) is 18.2 Å². The van der Waals surface area contributed by atoms with Gasteiger partial charge in [-0.05, 0) is 29.3 Å². The first-order chi connectivity index (χ1) is 9.15. The Morgan fingerprint density at radius 3 is 3.00 bits per heavy atom. The lowest BCUT2D eigenvalue weighted by Crippen LogP contribution is -2.35. The summed E-state index contributed by atoms with van der Waals surface area (Å²) in [4.78, 5) is 13.2. The molecule has 2 heterocycles. The van der Waals surface area contributed by atoms with Gasteiger partial charge in [0.15, 0.2) is 0 Å². The van der Waals surface area contributed by atoms with Crippen molar-refractivity contribution in [2.45, 2.75) is 11.4 Å². The Morgan fingerprint density at radius 2 is 2.26 bits per heavy atom. The van der Waals surface area contributed by atoms with Crippen LogP contribution < -0.4 is 5.32 Å². The third-order valence-corrected chi connectivity index (χ3v) is 4.19. The fourth-order valence-corrected chi connectivity index (χ4v) is 2.71.